The summed E-state index contributed by atoms with van der Waals surface area (Å²) < 4.78 is 0. The maximum absolute atomic E-state index is 5.15. The van der Waals surface area contributed by atoms with Gasteiger partial charge in [-0.05, 0) is 37.0 Å². The number of rotatable bonds is 5. The molecule has 1 fully saturated rings. The SMILES string of the molecule is CC(C)(C)CCCO/N=C/C1CC1. The van der Waals surface area contributed by atoms with Gasteiger partial charge in [-0.1, -0.05) is 25.9 Å². The molecule has 1 aliphatic rings. The van der Waals surface area contributed by atoms with Crippen LogP contribution in [-0.2, 0) is 4.84 Å². The van der Waals surface area contributed by atoms with Crippen molar-refractivity contribution in [3.05, 3.63) is 0 Å². The van der Waals surface area contributed by atoms with Gasteiger partial charge < -0.3 is 4.84 Å². The van der Waals surface area contributed by atoms with Crippen molar-refractivity contribution in [2.75, 3.05) is 6.61 Å². The van der Waals surface area contributed by atoms with E-state index < -0.39 is 0 Å². The van der Waals surface area contributed by atoms with E-state index in [1.807, 2.05) is 6.21 Å². The van der Waals surface area contributed by atoms with E-state index in [0.29, 0.717) is 5.41 Å². The van der Waals surface area contributed by atoms with Crippen LogP contribution in [0.25, 0.3) is 0 Å². The highest BCUT2D eigenvalue weighted by molar-refractivity contribution is 5.62. The average Bonchev–Trinajstić information content (AvgIpc) is 2.77. The molecule has 0 amide bonds. The second kappa shape index (κ2) is 4.64. The summed E-state index contributed by atoms with van der Waals surface area (Å²) in [5.41, 5.74) is 0.420. The molecular formula is C11H21NO. The van der Waals surface area contributed by atoms with Crippen LogP contribution in [0.15, 0.2) is 5.16 Å². The quantitative estimate of drug-likeness (QED) is 0.364. The lowest BCUT2D eigenvalue weighted by molar-refractivity contribution is 0.132. The Morgan fingerprint density at radius 1 is 1.38 bits per heavy atom. The van der Waals surface area contributed by atoms with Crippen molar-refractivity contribution in [1.29, 1.82) is 0 Å². The maximum atomic E-state index is 5.15. The van der Waals surface area contributed by atoms with Gasteiger partial charge in [0, 0.05) is 6.21 Å². The van der Waals surface area contributed by atoms with E-state index in [4.69, 9.17) is 4.84 Å². The lowest BCUT2D eigenvalue weighted by Gasteiger charge is -2.16. The summed E-state index contributed by atoms with van der Waals surface area (Å²) >= 11 is 0. The molecule has 0 N–H and O–H groups in total. The molecule has 0 aliphatic heterocycles. The Hall–Kier alpha value is -0.530. The Labute approximate surface area is 81.3 Å². The Balaban J connectivity index is 1.88. The van der Waals surface area contributed by atoms with Crippen molar-refractivity contribution in [1.82, 2.24) is 0 Å². The van der Waals surface area contributed by atoms with Gasteiger partial charge in [0.05, 0.1) is 0 Å². The van der Waals surface area contributed by atoms with Crippen molar-refractivity contribution in [2.45, 2.75) is 46.5 Å². The highest BCUT2D eigenvalue weighted by Crippen LogP contribution is 2.26. The Morgan fingerprint density at radius 2 is 2.08 bits per heavy atom. The Bertz CT molecular complexity index is 165. The van der Waals surface area contributed by atoms with Crippen LogP contribution >= 0.6 is 0 Å². The molecule has 2 nitrogen and oxygen atoms in total. The van der Waals surface area contributed by atoms with E-state index >= 15 is 0 Å². The summed E-state index contributed by atoms with van der Waals surface area (Å²) in [6, 6.07) is 0. The Morgan fingerprint density at radius 3 is 2.62 bits per heavy atom. The summed E-state index contributed by atoms with van der Waals surface area (Å²) in [6.45, 7) is 7.52. The number of hydrogen-bond donors (Lipinski definition) is 0. The lowest BCUT2D eigenvalue weighted by Crippen LogP contribution is -2.05. The van der Waals surface area contributed by atoms with Crippen molar-refractivity contribution in [3.63, 3.8) is 0 Å². The fourth-order valence-electron chi connectivity index (χ4n) is 1.09. The molecule has 1 saturated carbocycles. The molecule has 1 aliphatic carbocycles. The van der Waals surface area contributed by atoms with E-state index in [0.717, 1.165) is 18.9 Å². The molecule has 13 heavy (non-hydrogen) atoms. The zero-order chi connectivity index (χ0) is 9.73. The maximum Gasteiger partial charge on any atom is 0.117 e. The zero-order valence-electron chi connectivity index (χ0n) is 9.05. The molecule has 0 saturated heterocycles. The second-order valence-corrected chi connectivity index (χ2v) is 5.09. The molecule has 1 rings (SSSR count). The normalized spacial score (nSPS) is 18.1. The summed E-state index contributed by atoms with van der Waals surface area (Å²) in [5.74, 6) is 0.725. The van der Waals surface area contributed by atoms with E-state index in [-0.39, 0.29) is 0 Å². The van der Waals surface area contributed by atoms with Gasteiger partial charge in [0.1, 0.15) is 6.61 Å². The molecule has 2 heteroatoms. The highest BCUT2D eigenvalue weighted by atomic mass is 16.6. The van der Waals surface area contributed by atoms with Crippen LogP contribution in [0.1, 0.15) is 46.5 Å². The highest BCUT2D eigenvalue weighted by Gasteiger charge is 2.18. The molecule has 0 spiro atoms. The van der Waals surface area contributed by atoms with Crippen LogP contribution < -0.4 is 0 Å². The third-order valence-corrected chi connectivity index (χ3v) is 2.13. The van der Waals surface area contributed by atoms with Gasteiger partial charge in [0.15, 0.2) is 0 Å². The molecule has 76 valence electrons. The fourth-order valence-corrected chi connectivity index (χ4v) is 1.09. The first-order valence-corrected chi connectivity index (χ1v) is 5.23. The number of oxime groups is 1. The molecule has 0 heterocycles. The van der Waals surface area contributed by atoms with E-state index in [1.165, 1.54) is 19.3 Å². The standard InChI is InChI=1S/C11H21NO/c1-11(2,3)7-4-8-13-12-9-10-5-6-10/h9-10H,4-8H2,1-3H3/b12-9+. The van der Waals surface area contributed by atoms with Gasteiger partial charge in [-0.3, -0.25) is 0 Å². The molecule has 0 atom stereocenters. The second-order valence-electron chi connectivity index (χ2n) is 5.09. The monoisotopic (exact) mass is 183 g/mol. The molecule has 0 bridgehead atoms. The summed E-state index contributed by atoms with van der Waals surface area (Å²) in [6.07, 6.45) is 6.85. The van der Waals surface area contributed by atoms with E-state index in [9.17, 15) is 0 Å². The predicted octanol–water partition coefficient (Wildman–Crippen LogP) is 3.23. The summed E-state index contributed by atoms with van der Waals surface area (Å²) in [7, 11) is 0. The molecule has 0 aromatic heterocycles. The smallest absolute Gasteiger partial charge is 0.117 e. The number of nitrogens with zero attached hydrogens (tertiary/aromatic N) is 1. The molecule has 0 unspecified atom stereocenters. The minimum absolute atomic E-state index is 0.420. The minimum atomic E-state index is 0.420. The fraction of sp³-hybridized carbons (Fsp3) is 0.909. The third-order valence-electron chi connectivity index (χ3n) is 2.13. The van der Waals surface area contributed by atoms with Gasteiger partial charge in [-0.25, -0.2) is 0 Å². The number of hydrogen-bond acceptors (Lipinski definition) is 2. The van der Waals surface area contributed by atoms with Gasteiger partial charge in [-0.2, -0.15) is 0 Å². The van der Waals surface area contributed by atoms with Crippen molar-refractivity contribution < 1.29 is 4.84 Å². The van der Waals surface area contributed by atoms with Crippen LogP contribution in [0.4, 0.5) is 0 Å². The average molecular weight is 183 g/mol. The molecular weight excluding hydrogens is 162 g/mol. The first-order chi connectivity index (χ1) is 6.08. The molecule has 0 radical (unpaired) electrons. The largest absolute Gasteiger partial charge is 0.396 e. The minimum Gasteiger partial charge on any atom is -0.396 e. The zero-order valence-corrected chi connectivity index (χ0v) is 9.05. The van der Waals surface area contributed by atoms with Gasteiger partial charge >= 0.3 is 0 Å². The lowest BCUT2D eigenvalue weighted by atomic mass is 9.91. The van der Waals surface area contributed by atoms with Crippen LogP contribution in [0.5, 0.6) is 0 Å². The van der Waals surface area contributed by atoms with Gasteiger partial charge in [-0.15, -0.1) is 0 Å². The van der Waals surface area contributed by atoms with Crippen molar-refractivity contribution in [3.8, 4) is 0 Å². The van der Waals surface area contributed by atoms with Crippen molar-refractivity contribution >= 4 is 6.21 Å². The topological polar surface area (TPSA) is 21.6 Å². The van der Waals surface area contributed by atoms with Crippen LogP contribution in [-0.4, -0.2) is 12.8 Å². The molecule has 0 aromatic rings. The van der Waals surface area contributed by atoms with Crippen LogP contribution in [0.2, 0.25) is 0 Å². The van der Waals surface area contributed by atoms with Gasteiger partial charge in [0.2, 0.25) is 0 Å². The third kappa shape index (κ3) is 6.62. The first kappa shape index (κ1) is 10.6. The predicted molar refractivity (Wildman–Crippen MR) is 55.9 cm³/mol. The van der Waals surface area contributed by atoms with E-state index in [1.54, 1.807) is 0 Å². The van der Waals surface area contributed by atoms with Gasteiger partial charge in [0.25, 0.3) is 0 Å². The first-order valence-electron chi connectivity index (χ1n) is 5.23. The van der Waals surface area contributed by atoms with E-state index in [2.05, 4.69) is 25.9 Å². The van der Waals surface area contributed by atoms with Crippen LogP contribution in [0.3, 0.4) is 0 Å². The molecule has 0 aromatic carbocycles. The van der Waals surface area contributed by atoms with Crippen LogP contribution in [0, 0.1) is 11.3 Å². The summed E-state index contributed by atoms with van der Waals surface area (Å²) in [5, 5.41) is 3.93. The summed E-state index contributed by atoms with van der Waals surface area (Å²) in [4.78, 5) is 5.15. The van der Waals surface area contributed by atoms with Crippen molar-refractivity contribution in [2.24, 2.45) is 16.5 Å². The Kier molecular flexibility index (Phi) is 3.76.